The molecule has 2 aliphatic rings. The summed E-state index contributed by atoms with van der Waals surface area (Å²) < 4.78 is 38.9. The van der Waals surface area contributed by atoms with Gasteiger partial charge in [-0.05, 0) is 75.2 Å². The third kappa shape index (κ3) is 4.36. The minimum absolute atomic E-state index is 0.0536. The molecule has 1 unspecified atom stereocenters. The van der Waals surface area contributed by atoms with E-state index in [9.17, 15) is 18.0 Å². The first-order chi connectivity index (χ1) is 13.8. The number of Topliss-reactive ketones (excluding diaryl/α,β-unsaturated/α-hetero) is 1. The molecule has 0 amide bonds. The van der Waals surface area contributed by atoms with Crippen LogP contribution in [-0.2, 0) is 12.6 Å². The molecule has 1 aromatic heterocycles. The van der Waals surface area contributed by atoms with Crippen molar-refractivity contribution in [1.29, 1.82) is 0 Å². The maximum absolute atomic E-state index is 13.0. The number of ketones is 1. The summed E-state index contributed by atoms with van der Waals surface area (Å²) >= 11 is 1.57. The fraction of sp³-hybridized carbons (Fsp3) is 0.500. The number of hydrogen-bond acceptors (Lipinski definition) is 4. The lowest BCUT2D eigenvalue weighted by Gasteiger charge is -2.41. The second-order valence-electron chi connectivity index (χ2n) is 7.91. The number of thiophene rings is 1. The van der Waals surface area contributed by atoms with E-state index >= 15 is 0 Å². The highest BCUT2D eigenvalue weighted by atomic mass is 32.1. The number of halogens is 3. The SMILES string of the molecule is CC(=O)c1cc2c(s1)CCN(c1ccc(C(F)(F)F)cc1)C2CN1CCCCC1. The van der Waals surface area contributed by atoms with Crippen LogP contribution < -0.4 is 4.90 Å². The van der Waals surface area contributed by atoms with Crippen molar-refractivity contribution in [3.63, 3.8) is 0 Å². The number of anilines is 1. The predicted octanol–water partition coefficient (Wildman–Crippen LogP) is 5.56. The Bertz CT molecular complexity index is 869. The first-order valence-corrected chi connectivity index (χ1v) is 10.9. The molecule has 2 aromatic rings. The van der Waals surface area contributed by atoms with E-state index in [0.717, 1.165) is 60.9 Å². The van der Waals surface area contributed by atoms with Crippen LogP contribution in [0.4, 0.5) is 18.9 Å². The summed E-state index contributed by atoms with van der Waals surface area (Å²) in [5.41, 5.74) is 1.35. The molecule has 1 atom stereocenters. The van der Waals surface area contributed by atoms with E-state index in [1.807, 2.05) is 6.07 Å². The van der Waals surface area contributed by atoms with Crippen LogP contribution in [-0.4, -0.2) is 36.9 Å². The molecule has 1 aromatic carbocycles. The molecule has 0 radical (unpaired) electrons. The molecule has 156 valence electrons. The fourth-order valence-corrected chi connectivity index (χ4v) is 5.48. The van der Waals surface area contributed by atoms with Crippen molar-refractivity contribution in [2.24, 2.45) is 0 Å². The molecule has 7 heteroatoms. The zero-order valence-corrected chi connectivity index (χ0v) is 17.3. The van der Waals surface area contributed by atoms with Crippen LogP contribution in [0.3, 0.4) is 0 Å². The van der Waals surface area contributed by atoms with Crippen molar-refractivity contribution < 1.29 is 18.0 Å². The van der Waals surface area contributed by atoms with Gasteiger partial charge in [-0.2, -0.15) is 13.2 Å². The molecule has 0 aliphatic carbocycles. The Morgan fingerprint density at radius 1 is 1.10 bits per heavy atom. The minimum atomic E-state index is -4.33. The number of alkyl halides is 3. The van der Waals surface area contributed by atoms with Crippen molar-refractivity contribution in [2.75, 3.05) is 31.1 Å². The van der Waals surface area contributed by atoms with Gasteiger partial charge in [-0.3, -0.25) is 4.79 Å². The van der Waals surface area contributed by atoms with Crippen molar-refractivity contribution >= 4 is 22.8 Å². The summed E-state index contributed by atoms with van der Waals surface area (Å²) in [4.78, 5) is 18.6. The van der Waals surface area contributed by atoms with Gasteiger partial charge in [0.1, 0.15) is 0 Å². The lowest BCUT2D eigenvalue weighted by Crippen LogP contribution is -2.43. The van der Waals surface area contributed by atoms with Crippen molar-refractivity contribution in [3.8, 4) is 0 Å². The van der Waals surface area contributed by atoms with Crippen LogP contribution in [0.15, 0.2) is 30.3 Å². The maximum atomic E-state index is 13.0. The monoisotopic (exact) mass is 422 g/mol. The average molecular weight is 423 g/mol. The standard InChI is InChI=1S/C22H25F3N2OS/c1-15(28)21-13-18-19(14-26-10-3-2-4-11-26)27(12-9-20(18)29-21)17-7-5-16(6-8-17)22(23,24)25/h5-8,13,19H,2-4,9-12,14H2,1H3. The Kier molecular flexibility index (Phi) is 5.71. The number of carbonyl (C=O) groups is 1. The summed E-state index contributed by atoms with van der Waals surface area (Å²) in [6, 6.07) is 7.55. The summed E-state index contributed by atoms with van der Waals surface area (Å²) in [5, 5.41) is 0. The van der Waals surface area contributed by atoms with Crippen molar-refractivity contribution in [2.45, 2.75) is 44.8 Å². The largest absolute Gasteiger partial charge is 0.416 e. The van der Waals surface area contributed by atoms with Gasteiger partial charge in [-0.15, -0.1) is 11.3 Å². The molecular formula is C22H25F3N2OS. The molecule has 0 N–H and O–H groups in total. The van der Waals surface area contributed by atoms with Gasteiger partial charge in [-0.25, -0.2) is 0 Å². The Hall–Kier alpha value is -1.86. The molecule has 2 aliphatic heterocycles. The normalized spacial score (nSPS) is 20.6. The molecule has 0 bridgehead atoms. The van der Waals surface area contributed by atoms with Crippen molar-refractivity contribution in [3.05, 3.63) is 51.2 Å². The maximum Gasteiger partial charge on any atom is 0.416 e. The van der Waals surface area contributed by atoms with Gasteiger partial charge in [0.05, 0.1) is 16.5 Å². The lowest BCUT2D eigenvalue weighted by molar-refractivity contribution is -0.137. The zero-order valence-electron chi connectivity index (χ0n) is 16.5. The molecule has 1 saturated heterocycles. The van der Waals surface area contributed by atoms with Gasteiger partial charge in [-0.1, -0.05) is 6.42 Å². The first kappa shape index (κ1) is 20.4. The van der Waals surface area contributed by atoms with E-state index in [2.05, 4.69) is 9.80 Å². The average Bonchev–Trinajstić information content (AvgIpc) is 3.14. The highest BCUT2D eigenvalue weighted by molar-refractivity contribution is 7.14. The minimum Gasteiger partial charge on any atom is -0.363 e. The smallest absolute Gasteiger partial charge is 0.363 e. The molecule has 29 heavy (non-hydrogen) atoms. The van der Waals surface area contributed by atoms with Gasteiger partial charge < -0.3 is 9.80 Å². The molecule has 4 rings (SSSR count). The van der Waals surface area contributed by atoms with Gasteiger partial charge >= 0.3 is 6.18 Å². The van der Waals surface area contributed by atoms with Crippen LogP contribution in [0.5, 0.6) is 0 Å². The van der Waals surface area contributed by atoms with Crippen LogP contribution in [0.2, 0.25) is 0 Å². The Morgan fingerprint density at radius 2 is 1.79 bits per heavy atom. The third-order valence-corrected chi connectivity index (χ3v) is 7.22. The van der Waals surface area contributed by atoms with Gasteiger partial charge in [0.15, 0.2) is 5.78 Å². The van der Waals surface area contributed by atoms with E-state index in [4.69, 9.17) is 0 Å². The summed E-state index contributed by atoms with van der Waals surface area (Å²) in [6.07, 6.45) is 0.0989. The van der Waals surface area contributed by atoms with Crippen LogP contribution >= 0.6 is 11.3 Å². The number of carbonyl (C=O) groups excluding carboxylic acids is 1. The Morgan fingerprint density at radius 3 is 2.41 bits per heavy atom. The summed E-state index contributed by atoms with van der Waals surface area (Å²) in [5.74, 6) is 0.0715. The highest BCUT2D eigenvalue weighted by Crippen LogP contribution is 2.40. The van der Waals surface area contributed by atoms with E-state index in [1.165, 1.54) is 24.1 Å². The zero-order chi connectivity index (χ0) is 20.6. The van der Waals surface area contributed by atoms with E-state index in [1.54, 1.807) is 30.4 Å². The number of likely N-dealkylation sites (tertiary alicyclic amines) is 1. The molecular weight excluding hydrogens is 397 g/mol. The third-order valence-electron chi connectivity index (χ3n) is 5.91. The second kappa shape index (κ2) is 8.11. The topological polar surface area (TPSA) is 23.6 Å². The second-order valence-corrected chi connectivity index (χ2v) is 9.05. The first-order valence-electron chi connectivity index (χ1n) is 10.1. The predicted molar refractivity (Wildman–Crippen MR) is 110 cm³/mol. The lowest BCUT2D eigenvalue weighted by atomic mass is 9.96. The molecule has 1 fully saturated rings. The summed E-state index contributed by atoms with van der Waals surface area (Å²) in [7, 11) is 0. The van der Waals surface area contributed by atoms with E-state index < -0.39 is 11.7 Å². The van der Waals surface area contributed by atoms with E-state index in [-0.39, 0.29) is 11.8 Å². The van der Waals surface area contributed by atoms with Crippen LogP contribution in [0.1, 0.15) is 57.9 Å². The van der Waals surface area contributed by atoms with Crippen LogP contribution in [0.25, 0.3) is 0 Å². The van der Waals surface area contributed by atoms with Crippen LogP contribution in [0, 0.1) is 0 Å². The van der Waals surface area contributed by atoms with E-state index in [0.29, 0.717) is 0 Å². The number of piperidine rings is 1. The number of nitrogens with zero attached hydrogens (tertiary/aromatic N) is 2. The number of fused-ring (bicyclic) bond motifs is 1. The van der Waals surface area contributed by atoms with Gasteiger partial charge in [0.25, 0.3) is 0 Å². The molecule has 3 nitrogen and oxygen atoms in total. The summed E-state index contributed by atoms with van der Waals surface area (Å²) in [6.45, 7) is 5.27. The Balaban J connectivity index is 1.66. The van der Waals surface area contributed by atoms with Gasteiger partial charge in [0.2, 0.25) is 0 Å². The van der Waals surface area contributed by atoms with Gasteiger partial charge in [0, 0.05) is 23.7 Å². The number of hydrogen-bond donors (Lipinski definition) is 0. The fourth-order valence-electron chi connectivity index (χ4n) is 4.37. The molecule has 0 saturated carbocycles. The number of rotatable bonds is 4. The molecule has 0 spiro atoms. The number of benzene rings is 1. The molecule has 3 heterocycles. The van der Waals surface area contributed by atoms with Crippen molar-refractivity contribution in [1.82, 2.24) is 4.90 Å². The highest BCUT2D eigenvalue weighted by Gasteiger charge is 2.33. The Labute approximate surface area is 173 Å². The quantitative estimate of drug-likeness (QED) is 0.603.